The van der Waals surface area contributed by atoms with Crippen LogP contribution in [-0.2, 0) is 14.4 Å². The van der Waals surface area contributed by atoms with Gasteiger partial charge in [0.25, 0.3) is 0 Å². The maximum absolute atomic E-state index is 11.5. The average molecular weight is 282 g/mol. The number of furan rings is 1. The highest BCUT2D eigenvalue weighted by atomic mass is 16.5. The zero-order valence-electron chi connectivity index (χ0n) is 10.4. The van der Waals surface area contributed by atoms with Crippen LogP contribution in [0.25, 0.3) is 6.08 Å². The minimum absolute atomic E-state index is 0.137. The molecule has 1 rings (SSSR count). The summed E-state index contributed by atoms with van der Waals surface area (Å²) in [7, 11) is 0. The molecule has 0 aliphatic rings. The Balaban J connectivity index is 2.50. The van der Waals surface area contributed by atoms with Crippen LogP contribution in [0.2, 0.25) is 0 Å². The van der Waals surface area contributed by atoms with Crippen molar-refractivity contribution in [2.75, 3.05) is 0 Å². The van der Waals surface area contributed by atoms with Crippen molar-refractivity contribution in [3.05, 3.63) is 30.2 Å². The number of aliphatic carboxylic acids is 1. The van der Waals surface area contributed by atoms with E-state index in [9.17, 15) is 14.4 Å². The van der Waals surface area contributed by atoms with Crippen LogP contribution in [0.1, 0.15) is 18.6 Å². The number of carbonyl (C=O) groups excluding carboxylic acids is 2. The highest BCUT2D eigenvalue weighted by molar-refractivity contribution is 5.94. The molecule has 0 aliphatic heterocycles. The van der Waals surface area contributed by atoms with E-state index in [1.54, 1.807) is 12.1 Å². The SMILES string of the molecule is O=C(/C=C/c1ccco1)NC(CCC(=O)NO)C(=O)O. The van der Waals surface area contributed by atoms with Gasteiger partial charge in [0, 0.05) is 12.5 Å². The third-order valence-corrected chi connectivity index (χ3v) is 2.34. The Morgan fingerprint density at radius 3 is 2.70 bits per heavy atom. The van der Waals surface area contributed by atoms with Crippen molar-refractivity contribution in [1.29, 1.82) is 0 Å². The summed E-state index contributed by atoms with van der Waals surface area (Å²) in [6, 6.07) is 2.05. The molecule has 8 heteroatoms. The fourth-order valence-corrected chi connectivity index (χ4v) is 1.35. The number of carboxylic acid groups (broad SMARTS) is 1. The molecule has 0 aromatic carbocycles. The van der Waals surface area contributed by atoms with E-state index < -0.39 is 23.8 Å². The van der Waals surface area contributed by atoms with Crippen molar-refractivity contribution >= 4 is 23.9 Å². The van der Waals surface area contributed by atoms with Crippen molar-refractivity contribution < 1.29 is 29.1 Å². The summed E-state index contributed by atoms with van der Waals surface area (Å²) in [6.45, 7) is 0. The number of hydrogen-bond acceptors (Lipinski definition) is 5. The molecule has 0 bridgehead atoms. The van der Waals surface area contributed by atoms with E-state index in [-0.39, 0.29) is 12.8 Å². The smallest absolute Gasteiger partial charge is 0.326 e. The summed E-state index contributed by atoms with van der Waals surface area (Å²) in [5, 5.41) is 19.4. The number of hydroxylamine groups is 1. The van der Waals surface area contributed by atoms with Gasteiger partial charge in [0.05, 0.1) is 6.26 Å². The van der Waals surface area contributed by atoms with Crippen molar-refractivity contribution in [3.63, 3.8) is 0 Å². The summed E-state index contributed by atoms with van der Waals surface area (Å²) in [5.74, 6) is -2.17. The van der Waals surface area contributed by atoms with Crippen LogP contribution in [0.5, 0.6) is 0 Å². The summed E-state index contributed by atoms with van der Waals surface area (Å²) in [4.78, 5) is 33.2. The molecule has 0 radical (unpaired) electrons. The molecule has 1 atom stereocenters. The van der Waals surface area contributed by atoms with Crippen LogP contribution in [0.15, 0.2) is 28.9 Å². The highest BCUT2D eigenvalue weighted by Gasteiger charge is 2.19. The van der Waals surface area contributed by atoms with E-state index in [1.807, 2.05) is 0 Å². The molecule has 108 valence electrons. The van der Waals surface area contributed by atoms with Crippen LogP contribution < -0.4 is 10.8 Å². The van der Waals surface area contributed by atoms with E-state index in [4.69, 9.17) is 14.7 Å². The Kier molecular flexibility index (Phi) is 5.98. The van der Waals surface area contributed by atoms with Gasteiger partial charge in [-0.15, -0.1) is 0 Å². The number of rotatable bonds is 7. The molecule has 1 aromatic heterocycles. The summed E-state index contributed by atoms with van der Waals surface area (Å²) in [6.07, 6.45) is 3.58. The molecule has 0 saturated carbocycles. The van der Waals surface area contributed by atoms with E-state index in [1.165, 1.54) is 17.8 Å². The fourth-order valence-electron chi connectivity index (χ4n) is 1.35. The molecular formula is C12H14N2O6. The van der Waals surface area contributed by atoms with Gasteiger partial charge in [-0.25, -0.2) is 10.3 Å². The second-order valence-electron chi connectivity index (χ2n) is 3.82. The second kappa shape index (κ2) is 7.74. The molecule has 0 fully saturated rings. The number of amides is 2. The van der Waals surface area contributed by atoms with Gasteiger partial charge in [-0.1, -0.05) is 0 Å². The molecule has 0 aliphatic carbocycles. The lowest BCUT2D eigenvalue weighted by atomic mass is 10.1. The molecule has 1 aromatic rings. The largest absolute Gasteiger partial charge is 0.480 e. The van der Waals surface area contributed by atoms with Gasteiger partial charge in [-0.3, -0.25) is 14.8 Å². The van der Waals surface area contributed by atoms with Gasteiger partial charge in [0.2, 0.25) is 11.8 Å². The Morgan fingerprint density at radius 2 is 2.15 bits per heavy atom. The van der Waals surface area contributed by atoms with Gasteiger partial charge < -0.3 is 14.8 Å². The van der Waals surface area contributed by atoms with Crippen molar-refractivity contribution in [2.45, 2.75) is 18.9 Å². The molecule has 0 spiro atoms. The highest BCUT2D eigenvalue weighted by Crippen LogP contribution is 2.03. The monoisotopic (exact) mass is 282 g/mol. The molecule has 1 unspecified atom stereocenters. The first-order valence-electron chi connectivity index (χ1n) is 5.70. The van der Waals surface area contributed by atoms with E-state index in [0.29, 0.717) is 5.76 Å². The molecule has 4 N–H and O–H groups in total. The zero-order chi connectivity index (χ0) is 15.0. The molecule has 8 nitrogen and oxygen atoms in total. The van der Waals surface area contributed by atoms with Gasteiger partial charge >= 0.3 is 5.97 Å². The second-order valence-corrected chi connectivity index (χ2v) is 3.82. The first kappa shape index (κ1) is 15.4. The molecule has 20 heavy (non-hydrogen) atoms. The van der Waals surface area contributed by atoms with Gasteiger partial charge in [0.1, 0.15) is 11.8 Å². The number of hydrogen-bond donors (Lipinski definition) is 4. The minimum Gasteiger partial charge on any atom is -0.480 e. The normalized spacial score (nSPS) is 12.1. The van der Waals surface area contributed by atoms with Crippen LogP contribution >= 0.6 is 0 Å². The van der Waals surface area contributed by atoms with E-state index >= 15 is 0 Å². The molecule has 2 amide bonds. The Morgan fingerprint density at radius 1 is 1.40 bits per heavy atom. The fraction of sp³-hybridized carbons (Fsp3) is 0.250. The summed E-state index contributed by atoms with van der Waals surface area (Å²) < 4.78 is 4.97. The average Bonchev–Trinajstić information content (AvgIpc) is 2.93. The first-order valence-corrected chi connectivity index (χ1v) is 5.70. The third kappa shape index (κ3) is 5.36. The van der Waals surface area contributed by atoms with Crippen LogP contribution in [0.3, 0.4) is 0 Å². The predicted octanol–water partition coefficient (Wildman–Crippen LogP) is 0.148. The number of nitrogens with one attached hydrogen (secondary N) is 2. The third-order valence-electron chi connectivity index (χ3n) is 2.34. The number of carboxylic acids is 1. The minimum atomic E-state index is -1.27. The van der Waals surface area contributed by atoms with Crippen LogP contribution in [0, 0.1) is 0 Å². The predicted molar refractivity (Wildman–Crippen MR) is 66.5 cm³/mol. The Hall–Kier alpha value is -2.61. The molecule has 1 heterocycles. The Labute approximate surface area is 114 Å². The lowest BCUT2D eigenvalue weighted by Gasteiger charge is -2.12. The first-order chi connectivity index (χ1) is 9.52. The maximum Gasteiger partial charge on any atom is 0.326 e. The van der Waals surface area contributed by atoms with Crippen molar-refractivity contribution in [3.8, 4) is 0 Å². The lowest BCUT2D eigenvalue weighted by Crippen LogP contribution is -2.40. The molecular weight excluding hydrogens is 268 g/mol. The maximum atomic E-state index is 11.5. The Bertz CT molecular complexity index is 494. The van der Waals surface area contributed by atoms with Crippen LogP contribution in [0.4, 0.5) is 0 Å². The quantitative estimate of drug-likeness (QED) is 0.320. The van der Waals surface area contributed by atoms with E-state index in [2.05, 4.69) is 5.32 Å². The van der Waals surface area contributed by atoms with Gasteiger partial charge in [-0.05, 0) is 24.6 Å². The topological polar surface area (TPSA) is 129 Å². The standard InChI is InChI=1S/C12H14N2O6/c15-10(5-3-8-2-1-7-20-8)13-9(12(17)18)4-6-11(16)14-19/h1-3,5,7,9,19H,4,6H2,(H,13,15)(H,14,16)(H,17,18)/b5-3+. The summed E-state index contributed by atoms with van der Waals surface area (Å²) >= 11 is 0. The summed E-state index contributed by atoms with van der Waals surface area (Å²) in [5.41, 5.74) is 1.39. The van der Waals surface area contributed by atoms with Gasteiger partial charge in [-0.2, -0.15) is 0 Å². The number of carbonyl (C=O) groups is 3. The zero-order valence-corrected chi connectivity index (χ0v) is 10.4. The van der Waals surface area contributed by atoms with Crippen molar-refractivity contribution in [2.24, 2.45) is 0 Å². The van der Waals surface area contributed by atoms with Crippen LogP contribution in [-0.4, -0.2) is 34.1 Å². The van der Waals surface area contributed by atoms with Gasteiger partial charge in [0.15, 0.2) is 0 Å². The van der Waals surface area contributed by atoms with E-state index in [0.717, 1.165) is 6.08 Å². The van der Waals surface area contributed by atoms with Crippen molar-refractivity contribution in [1.82, 2.24) is 10.8 Å². The lowest BCUT2D eigenvalue weighted by molar-refractivity contribution is -0.141. The molecule has 0 saturated heterocycles.